The second-order valence-corrected chi connectivity index (χ2v) is 5.83. The first kappa shape index (κ1) is 15.9. The standard InChI is InChI=1S/C10H12F3NO4S/c1-10(4-15,5-16)14-19(17,18)9-3-7(12)6(11)2-8(9)13/h2-3,14-16H,4-5H2,1H3. The highest BCUT2D eigenvalue weighted by atomic mass is 32.2. The van der Waals surface area contributed by atoms with Crippen LogP contribution in [0.5, 0.6) is 0 Å². The van der Waals surface area contributed by atoms with E-state index in [1.54, 1.807) is 0 Å². The minimum absolute atomic E-state index is 0.0964. The molecule has 5 nitrogen and oxygen atoms in total. The van der Waals surface area contributed by atoms with Crippen molar-refractivity contribution in [3.8, 4) is 0 Å². The van der Waals surface area contributed by atoms with E-state index in [0.717, 1.165) is 6.92 Å². The van der Waals surface area contributed by atoms with E-state index in [-0.39, 0.29) is 12.1 Å². The molecular formula is C10H12F3NO4S. The van der Waals surface area contributed by atoms with Crippen LogP contribution in [0.2, 0.25) is 0 Å². The molecule has 0 saturated heterocycles. The van der Waals surface area contributed by atoms with E-state index >= 15 is 0 Å². The van der Waals surface area contributed by atoms with Crippen LogP contribution in [0.4, 0.5) is 13.2 Å². The molecule has 0 spiro atoms. The average Bonchev–Trinajstić information content (AvgIpc) is 2.33. The van der Waals surface area contributed by atoms with Crippen molar-refractivity contribution in [3.63, 3.8) is 0 Å². The molecule has 0 aliphatic heterocycles. The van der Waals surface area contributed by atoms with Gasteiger partial charge in [0.25, 0.3) is 0 Å². The molecule has 0 aromatic heterocycles. The minimum Gasteiger partial charge on any atom is -0.394 e. The number of halogens is 3. The molecule has 3 N–H and O–H groups in total. The highest BCUT2D eigenvalue weighted by molar-refractivity contribution is 7.89. The lowest BCUT2D eigenvalue weighted by atomic mass is 10.1. The van der Waals surface area contributed by atoms with Gasteiger partial charge in [-0.05, 0) is 13.0 Å². The van der Waals surface area contributed by atoms with E-state index in [2.05, 4.69) is 0 Å². The van der Waals surface area contributed by atoms with Crippen molar-refractivity contribution in [3.05, 3.63) is 29.6 Å². The van der Waals surface area contributed by atoms with Crippen LogP contribution in [-0.2, 0) is 10.0 Å². The molecule has 0 aliphatic rings. The molecular weight excluding hydrogens is 287 g/mol. The maximum absolute atomic E-state index is 13.4. The van der Waals surface area contributed by atoms with Gasteiger partial charge in [0, 0.05) is 6.07 Å². The Morgan fingerprint density at radius 2 is 1.58 bits per heavy atom. The minimum atomic E-state index is -4.56. The summed E-state index contributed by atoms with van der Waals surface area (Å²) >= 11 is 0. The number of rotatable bonds is 5. The Morgan fingerprint density at radius 1 is 1.11 bits per heavy atom. The van der Waals surface area contributed by atoms with Gasteiger partial charge in [-0.25, -0.2) is 26.3 Å². The average molecular weight is 299 g/mol. The maximum Gasteiger partial charge on any atom is 0.244 e. The Bertz CT molecular complexity index is 572. The molecule has 0 unspecified atom stereocenters. The summed E-state index contributed by atoms with van der Waals surface area (Å²) in [6.07, 6.45) is 0. The lowest BCUT2D eigenvalue weighted by Crippen LogP contribution is -2.51. The lowest BCUT2D eigenvalue weighted by molar-refractivity contribution is 0.121. The largest absolute Gasteiger partial charge is 0.394 e. The molecule has 0 amide bonds. The Morgan fingerprint density at radius 3 is 2.05 bits per heavy atom. The zero-order valence-corrected chi connectivity index (χ0v) is 10.6. The number of hydrogen-bond donors (Lipinski definition) is 3. The molecule has 1 aromatic rings. The monoisotopic (exact) mass is 299 g/mol. The first-order valence-electron chi connectivity index (χ1n) is 5.05. The third kappa shape index (κ3) is 3.44. The summed E-state index contributed by atoms with van der Waals surface area (Å²) in [7, 11) is -4.56. The van der Waals surface area contributed by atoms with Gasteiger partial charge in [0.05, 0.1) is 18.8 Å². The van der Waals surface area contributed by atoms with E-state index in [1.807, 2.05) is 4.72 Å². The predicted octanol–water partition coefficient (Wildman–Crippen LogP) is 0.126. The van der Waals surface area contributed by atoms with Crippen LogP contribution in [0.1, 0.15) is 6.92 Å². The topological polar surface area (TPSA) is 86.6 Å². The Labute approximate surface area is 107 Å². The fraction of sp³-hybridized carbons (Fsp3) is 0.400. The van der Waals surface area contributed by atoms with E-state index in [9.17, 15) is 21.6 Å². The van der Waals surface area contributed by atoms with E-state index in [0.29, 0.717) is 0 Å². The van der Waals surface area contributed by atoms with Gasteiger partial charge >= 0.3 is 0 Å². The van der Waals surface area contributed by atoms with Gasteiger partial charge in [-0.2, -0.15) is 0 Å². The molecule has 0 atom stereocenters. The van der Waals surface area contributed by atoms with Crippen molar-refractivity contribution >= 4 is 10.0 Å². The number of hydrogen-bond acceptors (Lipinski definition) is 4. The summed E-state index contributed by atoms with van der Waals surface area (Å²) in [5.74, 6) is -4.54. The fourth-order valence-electron chi connectivity index (χ4n) is 1.20. The molecule has 0 heterocycles. The van der Waals surface area contributed by atoms with Crippen LogP contribution in [0.3, 0.4) is 0 Å². The van der Waals surface area contributed by atoms with Crippen LogP contribution in [-0.4, -0.2) is 37.4 Å². The molecule has 0 aliphatic carbocycles. The number of sulfonamides is 1. The maximum atomic E-state index is 13.4. The molecule has 19 heavy (non-hydrogen) atoms. The van der Waals surface area contributed by atoms with Gasteiger partial charge in [-0.1, -0.05) is 0 Å². The van der Waals surface area contributed by atoms with Gasteiger partial charge in [-0.3, -0.25) is 0 Å². The molecule has 1 rings (SSSR count). The van der Waals surface area contributed by atoms with Crippen LogP contribution < -0.4 is 4.72 Å². The summed E-state index contributed by atoms with van der Waals surface area (Å²) < 4.78 is 64.4. The number of benzene rings is 1. The molecule has 0 bridgehead atoms. The zero-order valence-electron chi connectivity index (χ0n) is 9.82. The van der Waals surface area contributed by atoms with Gasteiger partial charge in [0.15, 0.2) is 11.6 Å². The zero-order chi connectivity index (χ0) is 14.8. The van der Waals surface area contributed by atoms with Crippen LogP contribution in [0.15, 0.2) is 17.0 Å². The first-order valence-corrected chi connectivity index (χ1v) is 6.54. The van der Waals surface area contributed by atoms with Crippen LogP contribution >= 0.6 is 0 Å². The predicted molar refractivity (Wildman–Crippen MR) is 59.2 cm³/mol. The quantitative estimate of drug-likeness (QED) is 0.674. The summed E-state index contributed by atoms with van der Waals surface area (Å²) in [4.78, 5) is -1.11. The normalized spacial score (nSPS) is 12.7. The number of aliphatic hydroxyl groups excluding tert-OH is 2. The third-order valence-electron chi connectivity index (χ3n) is 2.34. The summed E-state index contributed by atoms with van der Waals surface area (Å²) in [6.45, 7) is -0.385. The highest BCUT2D eigenvalue weighted by Gasteiger charge is 2.31. The second kappa shape index (κ2) is 5.45. The van der Waals surface area contributed by atoms with E-state index in [4.69, 9.17) is 10.2 Å². The fourth-order valence-corrected chi connectivity index (χ4v) is 2.67. The van der Waals surface area contributed by atoms with Crippen molar-refractivity contribution in [2.24, 2.45) is 0 Å². The van der Waals surface area contributed by atoms with Crippen molar-refractivity contribution < 1.29 is 31.8 Å². The first-order chi connectivity index (χ1) is 8.65. The summed E-state index contributed by atoms with van der Waals surface area (Å²) in [5, 5.41) is 17.9. The van der Waals surface area contributed by atoms with E-state index < -0.39 is 51.1 Å². The molecule has 0 saturated carbocycles. The number of nitrogens with one attached hydrogen (secondary N) is 1. The summed E-state index contributed by atoms with van der Waals surface area (Å²) in [6, 6.07) is 0.279. The molecule has 0 radical (unpaired) electrons. The number of aliphatic hydroxyl groups is 2. The molecule has 1 aromatic carbocycles. The van der Waals surface area contributed by atoms with Crippen molar-refractivity contribution in [1.29, 1.82) is 0 Å². The summed E-state index contributed by atoms with van der Waals surface area (Å²) in [5.41, 5.74) is -1.66. The third-order valence-corrected chi connectivity index (χ3v) is 4.00. The van der Waals surface area contributed by atoms with E-state index in [1.165, 1.54) is 0 Å². The SMILES string of the molecule is CC(CO)(CO)NS(=O)(=O)c1cc(F)c(F)cc1F. The van der Waals surface area contributed by atoms with Crippen LogP contribution in [0.25, 0.3) is 0 Å². The Balaban J connectivity index is 3.25. The van der Waals surface area contributed by atoms with Crippen LogP contribution in [0, 0.1) is 17.5 Å². The highest BCUT2D eigenvalue weighted by Crippen LogP contribution is 2.20. The second-order valence-electron chi connectivity index (χ2n) is 4.18. The van der Waals surface area contributed by atoms with Crippen molar-refractivity contribution in [1.82, 2.24) is 4.72 Å². The molecule has 9 heteroatoms. The Kier molecular flexibility index (Phi) is 4.56. The van der Waals surface area contributed by atoms with Gasteiger partial charge in [0.2, 0.25) is 10.0 Å². The lowest BCUT2D eigenvalue weighted by Gasteiger charge is -2.25. The van der Waals surface area contributed by atoms with Gasteiger partial charge < -0.3 is 10.2 Å². The van der Waals surface area contributed by atoms with Gasteiger partial charge in [-0.15, -0.1) is 0 Å². The molecule has 0 fully saturated rings. The molecule has 108 valence electrons. The smallest absolute Gasteiger partial charge is 0.244 e. The van der Waals surface area contributed by atoms with Gasteiger partial charge in [0.1, 0.15) is 10.7 Å². The van der Waals surface area contributed by atoms with Crippen molar-refractivity contribution in [2.45, 2.75) is 17.4 Å². The van der Waals surface area contributed by atoms with Crippen molar-refractivity contribution in [2.75, 3.05) is 13.2 Å². The Hall–Kier alpha value is -1.16.